The number of hydrogen-bond acceptors (Lipinski definition) is 4. The zero-order valence-electron chi connectivity index (χ0n) is 18.2. The van der Waals surface area contributed by atoms with Gasteiger partial charge in [0.05, 0.1) is 39.4 Å². The maximum Gasteiger partial charge on any atom is 0.416 e. The van der Waals surface area contributed by atoms with E-state index < -0.39 is 11.7 Å². The van der Waals surface area contributed by atoms with Crippen LogP contribution in [0.1, 0.15) is 29.7 Å². The molecule has 2 N–H and O–H groups in total. The van der Waals surface area contributed by atoms with Crippen LogP contribution in [-0.2, 0) is 6.18 Å². The van der Waals surface area contributed by atoms with Gasteiger partial charge < -0.3 is 10.2 Å². The summed E-state index contributed by atoms with van der Waals surface area (Å²) in [5.41, 5.74) is 4.42. The Morgan fingerprint density at radius 2 is 1.85 bits per heavy atom. The summed E-state index contributed by atoms with van der Waals surface area (Å²) in [6.45, 7) is 3.74. The van der Waals surface area contributed by atoms with Gasteiger partial charge in [0.25, 0.3) is 0 Å². The lowest BCUT2D eigenvalue weighted by Gasteiger charge is -2.20. The third kappa shape index (κ3) is 5.34. The molecule has 3 aromatic rings. The van der Waals surface area contributed by atoms with Gasteiger partial charge in [-0.3, -0.25) is 5.43 Å². The number of rotatable bonds is 5. The molecular weight excluding hydrogens is 485 g/mol. The van der Waals surface area contributed by atoms with E-state index in [2.05, 4.69) is 20.7 Å². The van der Waals surface area contributed by atoms with Crippen molar-refractivity contribution in [3.8, 4) is 5.69 Å². The second kappa shape index (κ2) is 10.0. The van der Waals surface area contributed by atoms with Crippen LogP contribution in [0.2, 0.25) is 5.02 Å². The highest BCUT2D eigenvalue weighted by atomic mass is 35.5. The summed E-state index contributed by atoms with van der Waals surface area (Å²) >= 11 is 11.2. The summed E-state index contributed by atoms with van der Waals surface area (Å²) in [7, 11) is 0. The van der Waals surface area contributed by atoms with Crippen LogP contribution in [0.3, 0.4) is 0 Å². The van der Waals surface area contributed by atoms with E-state index in [1.165, 1.54) is 6.07 Å². The average Bonchev–Trinajstić information content (AvgIpc) is 3.43. The molecule has 0 aliphatic carbocycles. The lowest BCUT2D eigenvalue weighted by atomic mass is 10.2. The SMILES string of the molecule is Cc1nn(-c2ccccc2)c(N2CCCC2)c1/C=N\NC(=S)Nc1cc(C(F)(F)F)ccc1Cl. The second-order valence-electron chi connectivity index (χ2n) is 7.78. The van der Waals surface area contributed by atoms with Crippen LogP contribution in [0, 0.1) is 6.92 Å². The van der Waals surface area contributed by atoms with Crippen molar-refractivity contribution in [3.63, 3.8) is 0 Å². The summed E-state index contributed by atoms with van der Waals surface area (Å²) in [5.74, 6) is 0.937. The molecule has 0 saturated carbocycles. The molecule has 0 spiro atoms. The lowest BCUT2D eigenvalue weighted by Crippen LogP contribution is -2.25. The summed E-state index contributed by atoms with van der Waals surface area (Å²) in [4.78, 5) is 2.27. The van der Waals surface area contributed by atoms with Gasteiger partial charge in [-0.2, -0.15) is 23.4 Å². The zero-order chi connectivity index (χ0) is 24.3. The molecule has 0 radical (unpaired) electrons. The topological polar surface area (TPSA) is 57.5 Å². The Morgan fingerprint density at radius 1 is 1.15 bits per heavy atom. The Hall–Kier alpha value is -3.11. The number of anilines is 2. The molecule has 0 atom stereocenters. The number of hydrazone groups is 1. The van der Waals surface area contributed by atoms with Crippen molar-refractivity contribution in [3.05, 3.63) is 70.4 Å². The average molecular weight is 507 g/mol. The highest BCUT2D eigenvalue weighted by Gasteiger charge is 2.31. The summed E-state index contributed by atoms with van der Waals surface area (Å²) in [6.07, 6.45) is -0.674. The first-order valence-electron chi connectivity index (χ1n) is 10.6. The van der Waals surface area contributed by atoms with Crippen LogP contribution in [0.25, 0.3) is 5.69 Å². The van der Waals surface area contributed by atoms with Gasteiger partial charge in [0.15, 0.2) is 5.11 Å². The van der Waals surface area contributed by atoms with Gasteiger partial charge in [-0.15, -0.1) is 0 Å². The van der Waals surface area contributed by atoms with E-state index in [0.29, 0.717) is 0 Å². The van der Waals surface area contributed by atoms with Gasteiger partial charge in [0.1, 0.15) is 5.82 Å². The first-order valence-corrected chi connectivity index (χ1v) is 11.4. The van der Waals surface area contributed by atoms with Crippen LogP contribution in [-0.4, -0.2) is 34.2 Å². The molecule has 6 nitrogen and oxygen atoms in total. The smallest absolute Gasteiger partial charge is 0.356 e. The predicted octanol–water partition coefficient (Wildman–Crippen LogP) is 5.77. The van der Waals surface area contributed by atoms with Crippen LogP contribution in [0.5, 0.6) is 0 Å². The maximum atomic E-state index is 13.0. The second-order valence-corrected chi connectivity index (χ2v) is 8.60. The molecule has 2 heterocycles. The monoisotopic (exact) mass is 506 g/mol. The Labute approximate surface area is 205 Å². The Balaban J connectivity index is 1.54. The first kappa shape index (κ1) is 24.0. The van der Waals surface area contributed by atoms with E-state index in [0.717, 1.165) is 60.8 Å². The van der Waals surface area contributed by atoms with E-state index in [4.69, 9.17) is 28.9 Å². The summed E-state index contributed by atoms with van der Waals surface area (Å²) in [6, 6.07) is 12.8. The third-order valence-corrected chi connectivity index (χ3v) is 5.91. The molecule has 1 aliphatic heterocycles. The van der Waals surface area contributed by atoms with Gasteiger partial charge >= 0.3 is 6.18 Å². The van der Waals surface area contributed by atoms with Gasteiger partial charge in [-0.1, -0.05) is 29.8 Å². The highest BCUT2D eigenvalue weighted by molar-refractivity contribution is 7.80. The molecule has 4 rings (SSSR count). The van der Waals surface area contributed by atoms with Crippen LogP contribution in [0.15, 0.2) is 53.6 Å². The number of nitrogens with zero attached hydrogens (tertiary/aromatic N) is 4. The largest absolute Gasteiger partial charge is 0.416 e. The summed E-state index contributed by atoms with van der Waals surface area (Å²) in [5, 5.41) is 11.7. The van der Waals surface area contributed by atoms with E-state index in [1.807, 2.05) is 41.9 Å². The highest BCUT2D eigenvalue weighted by Crippen LogP contribution is 2.34. The van der Waals surface area contributed by atoms with Crippen molar-refractivity contribution in [2.24, 2.45) is 5.10 Å². The molecule has 1 aliphatic rings. The Morgan fingerprint density at radius 3 is 2.53 bits per heavy atom. The minimum absolute atomic E-state index is 0.00769. The lowest BCUT2D eigenvalue weighted by molar-refractivity contribution is -0.137. The Bertz CT molecular complexity index is 1200. The standard InChI is InChI=1S/C23H22ClF3N6S/c1-15-18(21(32-11-5-6-12-32)33(31-15)17-7-3-2-4-8-17)14-28-30-22(34)29-20-13-16(23(25,26)27)9-10-19(20)24/h2-4,7-10,13-14H,5-6,11-12H2,1H3,(H2,29,30,34)/b28-14-. The van der Waals surface area contributed by atoms with Crippen LogP contribution in [0.4, 0.5) is 24.7 Å². The number of aromatic nitrogens is 2. The fourth-order valence-corrected chi connectivity index (χ4v) is 4.09. The van der Waals surface area contributed by atoms with E-state index in [-0.39, 0.29) is 15.8 Å². The van der Waals surface area contributed by atoms with Crippen molar-refractivity contribution >= 4 is 46.7 Å². The van der Waals surface area contributed by atoms with Crippen molar-refractivity contribution < 1.29 is 13.2 Å². The molecule has 1 saturated heterocycles. The molecule has 34 heavy (non-hydrogen) atoms. The predicted molar refractivity (Wildman–Crippen MR) is 133 cm³/mol. The molecule has 1 aromatic heterocycles. The number of thiocarbonyl (C=S) groups is 1. The fraction of sp³-hybridized carbons (Fsp3) is 0.261. The molecule has 0 amide bonds. The molecule has 2 aromatic carbocycles. The summed E-state index contributed by atoms with van der Waals surface area (Å²) < 4.78 is 40.9. The molecule has 11 heteroatoms. The third-order valence-electron chi connectivity index (χ3n) is 5.39. The van der Waals surface area contributed by atoms with Crippen LogP contribution < -0.4 is 15.6 Å². The van der Waals surface area contributed by atoms with E-state index >= 15 is 0 Å². The van der Waals surface area contributed by atoms with E-state index in [9.17, 15) is 13.2 Å². The minimum atomic E-state index is -4.49. The number of hydrogen-bond donors (Lipinski definition) is 2. The number of para-hydroxylation sites is 1. The van der Waals surface area contributed by atoms with Crippen LogP contribution >= 0.6 is 23.8 Å². The number of benzene rings is 2. The van der Waals surface area contributed by atoms with Gasteiger partial charge in [0.2, 0.25) is 0 Å². The molecule has 1 fully saturated rings. The molecule has 0 unspecified atom stereocenters. The zero-order valence-corrected chi connectivity index (χ0v) is 19.8. The minimum Gasteiger partial charge on any atom is -0.356 e. The fourth-order valence-electron chi connectivity index (χ4n) is 3.76. The normalized spacial score (nSPS) is 14.1. The van der Waals surface area contributed by atoms with Gasteiger partial charge in [-0.05, 0) is 62.3 Å². The maximum absolute atomic E-state index is 13.0. The van der Waals surface area contributed by atoms with Crippen molar-refractivity contribution in [1.29, 1.82) is 0 Å². The van der Waals surface area contributed by atoms with Crippen molar-refractivity contribution in [1.82, 2.24) is 15.2 Å². The van der Waals surface area contributed by atoms with Crippen molar-refractivity contribution in [2.45, 2.75) is 25.9 Å². The van der Waals surface area contributed by atoms with Gasteiger partial charge in [0, 0.05) is 13.1 Å². The van der Waals surface area contributed by atoms with Gasteiger partial charge in [-0.25, -0.2) is 4.68 Å². The van der Waals surface area contributed by atoms with Crippen molar-refractivity contribution in [2.75, 3.05) is 23.3 Å². The quantitative estimate of drug-likeness (QED) is 0.261. The molecule has 0 bridgehead atoms. The van der Waals surface area contributed by atoms with E-state index in [1.54, 1.807) is 6.21 Å². The number of nitrogens with one attached hydrogen (secondary N) is 2. The number of halogens is 4. The molecule has 178 valence electrons. The number of alkyl halides is 3. The Kier molecular flexibility index (Phi) is 7.08. The number of aryl methyl sites for hydroxylation is 1. The molecular formula is C23H22ClF3N6S. The first-order chi connectivity index (χ1) is 16.2.